The highest BCUT2D eigenvalue weighted by molar-refractivity contribution is 7.80. The van der Waals surface area contributed by atoms with E-state index in [1.54, 1.807) is 0 Å². The molecule has 1 saturated carbocycles. The summed E-state index contributed by atoms with van der Waals surface area (Å²) in [6.07, 6.45) is 6.21. The highest BCUT2D eigenvalue weighted by atomic mass is 32.1. The molecule has 0 saturated heterocycles. The quantitative estimate of drug-likeness (QED) is 0.571. The summed E-state index contributed by atoms with van der Waals surface area (Å²) in [6, 6.07) is 0.585. The van der Waals surface area contributed by atoms with Gasteiger partial charge >= 0.3 is 0 Å². The van der Waals surface area contributed by atoms with Gasteiger partial charge in [0.1, 0.15) is 0 Å². The second kappa shape index (κ2) is 5.69. The largest absolute Gasteiger partial charge is 0.363 e. The first-order chi connectivity index (χ1) is 7.03. The zero-order chi connectivity index (χ0) is 11.3. The van der Waals surface area contributed by atoms with E-state index in [0.717, 1.165) is 11.7 Å². The van der Waals surface area contributed by atoms with Crippen LogP contribution in [0.4, 0.5) is 0 Å². The number of nitrogens with one attached hydrogen (secondary N) is 2. The molecular formula is C12H24N2S. The van der Waals surface area contributed by atoms with Crippen LogP contribution < -0.4 is 10.6 Å². The Morgan fingerprint density at radius 2 is 2.20 bits per heavy atom. The van der Waals surface area contributed by atoms with Crippen LogP contribution in [0.25, 0.3) is 0 Å². The van der Waals surface area contributed by atoms with Crippen LogP contribution in [0.5, 0.6) is 0 Å². The van der Waals surface area contributed by atoms with E-state index in [4.69, 9.17) is 12.2 Å². The number of rotatable bonds is 4. The number of unbranched alkanes of at least 4 members (excludes halogenated alkanes) is 1. The summed E-state index contributed by atoms with van der Waals surface area (Å²) in [5, 5.41) is 7.51. The minimum atomic E-state index is 0.497. The van der Waals surface area contributed by atoms with Crippen LogP contribution >= 0.6 is 12.2 Å². The Kier molecular flexibility index (Phi) is 4.84. The van der Waals surface area contributed by atoms with Crippen molar-refractivity contribution in [1.29, 1.82) is 0 Å². The van der Waals surface area contributed by atoms with Crippen molar-refractivity contribution < 1.29 is 0 Å². The zero-order valence-electron chi connectivity index (χ0n) is 10.2. The third-order valence-electron chi connectivity index (χ3n) is 3.12. The summed E-state index contributed by atoms with van der Waals surface area (Å²) in [5.74, 6) is 0. The molecule has 0 radical (unpaired) electrons. The van der Waals surface area contributed by atoms with Crippen LogP contribution in [0.1, 0.15) is 52.9 Å². The fourth-order valence-electron chi connectivity index (χ4n) is 2.17. The van der Waals surface area contributed by atoms with Crippen molar-refractivity contribution in [2.45, 2.75) is 58.9 Å². The van der Waals surface area contributed by atoms with Crippen LogP contribution in [-0.2, 0) is 0 Å². The van der Waals surface area contributed by atoms with Crippen molar-refractivity contribution in [3.63, 3.8) is 0 Å². The molecule has 0 aromatic rings. The van der Waals surface area contributed by atoms with Gasteiger partial charge in [0.15, 0.2) is 5.11 Å². The Bertz CT molecular complexity index is 214. The van der Waals surface area contributed by atoms with Gasteiger partial charge in [-0.2, -0.15) is 0 Å². The number of thiocarbonyl (C=S) groups is 1. The molecule has 0 aliphatic heterocycles. The van der Waals surface area contributed by atoms with Crippen molar-refractivity contribution >= 4 is 17.3 Å². The van der Waals surface area contributed by atoms with E-state index in [1.807, 2.05) is 0 Å². The lowest BCUT2D eigenvalue weighted by molar-refractivity contribution is 0.372. The average Bonchev–Trinajstić information content (AvgIpc) is 2.46. The predicted molar refractivity (Wildman–Crippen MR) is 70.1 cm³/mol. The topological polar surface area (TPSA) is 24.1 Å². The molecule has 15 heavy (non-hydrogen) atoms. The van der Waals surface area contributed by atoms with Crippen molar-refractivity contribution in [1.82, 2.24) is 10.6 Å². The summed E-state index contributed by atoms with van der Waals surface area (Å²) < 4.78 is 0. The first-order valence-electron chi connectivity index (χ1n) is 6.08. The average molecular weight is 228 g/mol. The molecule has 1 atom stereocenters. The molecule has 0 aromatic heterocycles. The minimum absolute atomic E-state index is 0.497. The number of hydrogen-bond donors (Lipinski definition) is 2. The lowest BCUT2D eigenvalue weighted by Crippen LogP contribution is -2.41. The fraction of sp³-hybridized carbons (Fsp3) is 0.917. The molecule has 88 valence electrons. The summed E-state index contributed by atoms with van der Waals surface area (Å²) in [5.41, 5.74) is 0.497. The molecule has 0 heterocycles. The summed E-state index contributed by atoms with van der Waals surface area (Å²) >= 11 is 5.26. The summed E-state index contributed by atoms with van der Waals surface area (Å²) in [6.45, 7) is 7.86. The Morgan fingerprint density at radius 3 is 2.73 bits per heavy atom. The van der Waals surface area contributed by atoms with Gasteiger partial charge in [0.25, 0.3) is 0 Å². The molecule has 1 fully saturated rings. The first-order valence-corrected chi connectivity index (χ1v) is 6.49. The molecule has 2 nitrogen and oxygen atoms in total. The van der Waals surface area contributed by atoms with E-state index in [0.29, 0.717) is 11.5 Å². The highest BCUT2D eigenvalue weighted by Crippen LogP contribution is 2.36. The van der Waals surface area contributed by atoms with Gasteiger partial charge in [0.2, 0.25) is 0 Å². The predicted octanol–water partition coefficient (Wildman–Crippen LogP) is 2.83. The van der Waals surface area contributed by atoms with E-state index in [2.05, 4.69) is 31.4 Å². The van der Waals surface area contributed by atoms with Gasteiger partial charge in [-0.05, 0) is 43.3 Å². The second-order valence-corrected chi connectivity index (χ2v) is 5.77. The van der Waals surface area contributed by atoms with Gasteiger partial charge in [-0.1, -0.05) is 27.2 Å². The molecule has 3 heteroatoms. The van der Waals surface area contributed by atoms with Crippen LogP contribution in [0, 0.1) is 5.41 Å². The summed E-state index contributed by atoms with van der Waals surface area (Å²) in [4.78, 5) is 0. The zero-order valence-corrected chi connectivity index (χ0v) is 11.0. The summed E-state index contributed by atoms with van der Waals surface area (Å²) in [7, 11) is 0. The van der Waals surface area contributed by atoms with Crippen molar-refractivity contribution in [2.75, 3.05) is 6.54 Å². The van der Waals surface area contributed by atoms with Gasteiger partial charge in [0.05, 0.1) is 0 Å². The Hall–Kier alpha value is -0.310. The lowest BCUT2D eigenvalue weighted by Gasteiger charge is -2.19. The molecule has 0 spiro atoms. The normalized spacial score (nSPS) is 23.8. The maximum Gasteiger partial charge on any atom is 0.166 e. The molecular weight excluding hydrogens is 204 g/mol. The van der Waals surface area contributed by atoms with Crippen molar-refractivity contribution in [2.24, 2.45) is 5.41 Å². The SMILES string of the molecule is CCCCNC(=S)NC1CCC(C)(C)C1. The Labute approximate surface area is 99.2 Å². The van der Waals surface area contributed by atoms with Gasteiger partial charge < -0.3 is 10.6 Å². The molecule has 1 rings (SSSR count). The van der Waals surface area contributed by atoms with Gasteiger partial charge in [-0.3, -0.25) is 0 Å². The standard InChI is InChI=1S/C12H24N2S/c1-4-5-8-13-11(15)14-10-6-7-12(2,3)9-10/h10H,4-9H2,1-3H3,(H2,13,14,15). The van der Waals surface area contributed by atoms with E-state index in [9.17, 15) is 0 Å². The molecule has 1 aliphatic carbocycles. The van der Waals surface area contributed by atoms with Crippen molar-refractivity contribution in [3.05, 3.63) is 0 Å². The third-order valence-corrected chi connectivity index (χ3v) is 3.38. The molecule has 0 amide bonds. The maximum absolute atomic E-state index is 5.26. The first kappa shape index (κ1) is 12.8. The van der Waals surface area contributed by atoms with Crippen LogP contribution in [-0.4, -0.2) is 17.7 Å². The van der Waals surface area contributed by atoms with E-state index >= 15 is 0 Å². The van der Waals surface area contributed by atoms with Gasteiger partial charge in [0, 0.05) is 12.6 Å². The van der Waals surface area contributed by atoms with Gasteiger partial charge in [-0.25, -0.2) is 0 Å². The van der Waals surface area contributed by atoms with E-state index < -0.39 is 0 Å². The highest BCUT2D eigenvalue weighted by Gasteiger charge is 2.30. The van der Waals surface area contributed by atoms with Crippen LogP contribution in [0.15, 0.2) is 0 Å². The molecule has 0 bridgehead atoms. The monoisotopic (exact) mass is 228 g/mol. The number of hydrogen-bond acceptors (Lipinski definition) is 1. The molecule has 1 aliphatic rings. The van der Waals surface area contributed by atoms with E-state index in [1.165, 1.54) is 32.1 Å². The lowest BCUT2D eigenvalue weighted by atomic mass is 9.92. The molecule has 2 N–H and O–H groups in total. The Balaban J connectivity index is 2.16. The maximum atomic E-state index is 5.26. The third kappa shape index (κ3) is 4.83. The Morgan fingerprint density at radius 1 is 1.47 bits per heavy atom. The smallest absolute Gasteiger partial charge is 0.166 e. The van der Waals surface area contributed by atoms with Crippen LogP contribution in [0.3, 0.4) is 0 Å². The minimum Gasteiger partial charge on any atom is -0.363 e. The van der Waals surface area contributed by atoms with E-state index in [-0.39, 0.29) is 0 Å². The fourth-order valence-corrected chi connectivity index (χ4v) is 2.44. The van der Waals surface area contributed by atoms with Gasteiger partial charge in [-0.15, -0.1) is 0 Å². The van der Waals surface area contributed by atoms with Crippen LogP contribution in [0.2, 0.25) is 0 Å². The molecule has 1 unspecified atom stereocenters. The van der Waals surface area contributed by atoms with Crippen molar-refractivity contribution in [3.8, 4) is 0 Å². The second-order valence-electron chi connectivity index (χ2n) is 5.36. The molecule has 0 aromatic carbocycles.